The summed E-state index contributed by atoms with van der Waals surface area (Å²) < 4.78 is 10.6. The normalized spacial score (nSPS) is 9.95. The molecule has 0 aliphatic heterocycles. The number of anilines is 1. The first-order chi connectivity index (χ1) is 9.10. The number of nitro groups is 1. The van der Waals surface area contributed by atoms with E-state index in [0.29, 0.717) is 17.2 Å². The third-order valence-corrected chi connectivity index (χ3v) is 2.32. The van der Waals surface area contributed by atoms with Crippen LogP contribution in [0.2, 0.25) is 0 Å². The monoisotopic (exact) mass is 261 g/mol. The van der Waals surface area contributed by atoms with E-state index in [-0.39, 0.29) is 11.4 Å². The number of nitrogen functional groups attached to an aromatic ring is 1. The van der Waals surface area contributed by atoms with Crippen LogP contribution in [0, 0.1) is 10.1 Å². The Bertz CT molecular complexity index is 616. The molecule has 0 aliphatic rings. The van der Waals surface area contributed by atoms with Gasteiger partial charge in [-0.15, -0.1) is 0 Å². The number of nitro benzene ring substituents is 1. The minimum Gasteiger partial charge on any atom is -0.493 e. The molecule has 98 valence electrons. The maximum Gasteiger partial charge on any atom is 0.273 e. The van der Waals surface area contributed by atoms with E-state index in [0.717, 1.165) is 0 Å². The highest BCUT2D eigenvalue weighted by Crippen LogP contribution is 2.34. The Hall–Kier alpha value is -2.83. The van der Waals surface area contributed by atoms with Crippen LogP contribution in [0.1, 0.15) is 0 Å². The standard InChI is InChI=1S/C12H11N3O4/c1-18-12-5-9(15(16)17)2-3-11(12)19-10-4-8(13)6-14-7-10/h2-7H,13H2,1H3. The molecule has 0 fully saturated rings. The van der Waals surface area contributed by atoms with Crippen LogP contribution in [0.5, 0.6) is 17.2 Å². The van der Waals surface area contributed by atoms with Crippen molar-refractivity contribution in [3.05, 3.63) is 46.8 Å². The lowest BCUT2D eigenvalue weighted by atomic mass is 10.3. The van der Waals surface area contributed by atoms with Gasteiger partial charge in [0.25, 0.3) is 5.69 Å². The minimum atomic E-state index is -0.506. The number of hydrogen-bond donors (Lipinski definition) is 1. The van der Waals surface area contributed by atoms with Crippen LogP contribution < -0.4 is 15.2 Å². The molecule has 0 atom stereocenters. The van der Waals surface area contributed by atoms with Crippen LogP contribution in [-0.2, 0) is 0 Å². The van der Waals surface area contributed by atoms with Gasteiger partial charge >= 0.3 is 0 Å². The average molecular weight is 261 g/mol. The van der Waals surface area contributed by atoms with Crippen LogP contribution in [0.4, 0.5) is 11.4 Å². The number of pyridine rings is 1. The molecule has 0 aliphatic carbocycles. The van der Waals surface area contributed by atoms with Gasteiger partial charge < -0.3 is 15.2 Å². The Morgan fingerprint density at radius 2 is 2.05 bits per heavy atom. The third kappa shape index (κ3) is 2.89. The van der Waals surface area contributed by atoms with Gasteiger partial charge in [-0.3, -0.25) is 15.1 Å². The Labute approximate surface area is 108 Å². The molecular formula is C12H11N3O4. The molecule has 0 bridgehead atoms. The van der Waals surface area contributed by atoms with Gasteiger partial charge in [-0.2, -0.15) is 0 Å². The summed E-state index contributed by atoms with van der Waals surface area (Å²) in [7, 11) is 1.41. The lowest BCUT2D eigenvalue weighted by Crippen LogP contribution is -1.94. The summed E-state index contributed by atoms with van der Waals surface area (Å²) in [4.78, 5) is 14.0. The molecule has 0 unspecified atom stereocenters. The number of benzene rings is 1. The predicted octanol–water partition coefficient (Wildman–Crippen LogP) is 2.37. The zero-order chi connectivity index (χ0) is 13.8. The highest BCUT2D eigenvalue weighted by atomic mass is 16.6. The van der Waals surface area contributed by atoms with Crippen molar-refractivity contribution in [3.8, 4) is 17.2 Å². The summed E-state index contributed by atoms with van der Waals surface area (Å²) in [6, 6.07) is 5.67. The number of aromatic nitrogens is 1. The molecule has 0 spiro atoms. The van der Waals surface area contributed by atoms with Crippen LogP contribution in [0.25, 0.3) is 0 Å². The van der Waals surface area contributed by atoms with Crippen molar-refractivity contribution in [2.75, 3.05) is 12.8 Å². The molecule has 1 aromatic heterocycles. The molecule has 0 radical (unpaired) electrons. The Kier molecular flexibility index (Phi) is 3.46. The first kappa shape index (κ1) is 12.6. The maximum atomic E-state index is 10.7. The van der Waals surface area contributed by atoms with Gasteiger partial charge in [0, 0.05) is 12.1 Å². The van der Waals surface area contributed by atoms with Crippen molar-refractivity contribution < 1.29 is 14.4 Å². The van der Waals surface area contributed by atoms with E-state index in [2.05, 4.69) is 4.98 Å². The third-order valence-electron chi connectivity index (χ3n) is 2.32. The second-order valence-electron chi connectivity index (χ2n) is 3.65. The van der Waals surface area contributed by atoms with Crippen LogP contribution in [0.15, 0.2) is 36.7 Å². The first-order valence-corrected chi connectivity index (χ1v) is 5.31. The smallest absolute Gasteiger partial charge is 0.273 e. The van der Waals surface area contributed by atoms with Crippen molar-refractivity contribution in [2.45, 2.75) is 0 Å². The molecule has 19 heavy (non-hydrogen) atoms. The average Bonchev–Trinajstić information content (AvgIpc) is 2.39. The summed E-state index contributed by atoms with van der Waals surface area (Å²) >= 11 is 0. The number of ether oxygens (including phenoxy) is 2. The SMILES string of the molecule is COc1cc([N+](=O)[O-])ccc1Oc1cncc(N)c1. The number of nitrogens with zero attached hydrogens (tertiary/aromatic N) is 2. The minimum absolute atomic E-state index is 0.0742. The molecule has 0 saturated heterocycles. The second-order valence-corrected chi connectivity index (χ2v) is 3.65. The molecule has 2 N–H and O–H groups in total. The van der Waals surface area contributed by atoms with Gasteiger partial charge in [-0.1, -0.05) is 0 Å². The fraction of sp³-hybridized carbons (Fsp3) is 0.0833. The lowest BCUT2D eigenvalue weighted by Gasteiger charge is -2.09. The first-order valence-electron chi connectivity index (χ1n) is 5.31. The van der Waals surface area contributed by atoms with Gasteiger partial charge in [0.15, 0.2) is 11.5 Å². The van der Waals surface area contributed by atoms with E-state index in [1.807, 2.05) is 0 Å². The number of methoxy groups -OCH3 is 1. The van der Waals surface area contributed by atoms with Crippen molar-refractivity contribution in [1.82, 2.24) is 4.98 Å². The van der Waals surface area contributed by atoms with Crippen molar-refractivity contribution >= 4 is 11.4 Å². The molecule has 0 saturated carbocycles. The molecule has 1 aromatic carbocycles. The summed E-state index contributed by atoms with van der Waals surface area (Å²) in [5.41, 5.74) is 5.97. The zero-order valence-corrected chi connectivity index (χ0v) is 10.1. The Morgan fingerprint density at radius 1 is 1.26 bits per heavy atom. The Balaban J connectivity index is 2.32. The summed E-state index contributed by atoms with van der Waals surface area (Å²) in [6.45, 7) is 0. The van der Waals surface area contributed by atoms with Gasteiger partial charge in [0.2, 0.25) is 0 Å². The molecule has 7 heteroatoms. The number of hydrogen-bond acceptors (Lipinski definition) is 6. The van der Waals surface area contributed by atoms with Gasteiger partial charge in [0.05, 0.1) is 36.2 Å². The summed E-state index contributed by atoms with van der Waals surface area (Å²) in [5, 5.41) is 10.7. The zero-order valence-electron chi connectivity index (χ0n) is 10.1. The number of rotatable bonds is 4. The van der Waals surface area contributed by atoms with Crippen molar-refractivity contribution in [1.29, 1.82) is 0 Å². The van der Waals surface area contributed by atoms with Crippen LogP contribution >= 0.6 is 0 Å². The van der Waals surface area contributed by atoms with E-state index in [1.165, 1.54) is 37.7 Å². The quantitative estimate of drug-likeness (QED) is 0.669. The lowest BCUT2D eigenvalue weighted by molar-refractivity contribution is -0.384. The fourth-order valence-electron chi connectivity index (χ4n) is 1.47. The largest absolute Gasteiger partial charge is 0.493 e. The van der Waals surface area contributed by atoms with Gasteiger partial charge in [-0.25, -0.2) is 0 Å². The summed E-state index contributed by atoms with van der Waals surface area (Å²) in [5.74, 6) is 1.03. The molecule has 7 nitrogen and oxygen atoms in total. The number of non-ortho nitro benzene ring substituents is 1. The van der Waals surface area contributed by atoms with Crippen molar-refractivity contribution in [2.24, 2.45) is 0 Å². The van der Waals surface area contributed by atoms with Crippen molar-refractivity contribution in [3.63, 3.8) is 0 Å². The Morgan fingerprint density at radius 3 is 2.68 bits per heavy atom. The maximum absolute atomic E-state index is 10.7. The molecular weight excluding hydrogens is 250 g/mol. The molecule has 0 amide bonds. The molecule has 1 heterocycles. The van der Waals surface area contributed by atoms with E-state index < -0.39 is 4.92 Å². The van der Waals surface area contributed by atoms with Crippen LogP contribution in [0.3, 0.4) is 0 Å². The van der Waals surface area contributed by atoms with E-state index in [1.54, 1.807) is 6.07 Å². The highest BCUT2D eigenvalue weighted by Gasteiger charge is 2.13. The van der Waals surface area contributed by atoms with E-state index in [4.69, 9.17) is 15.2 Å². The molecule has 2 rings (SSSR count). The fourth-order valence-corrected chi connectivity index (χ4v) is 1.47. The number of nitrogens with two attached hydrogens (primary N) is 1. The molecule has 2 aromatic rings. The highest BCUT2D eigenvalue weighted by molar-refractivity contribution is 5.51. The summed E-state index contributed by atoms with van der Waals surface area (Å²) in [6.07, 6.45) is 2.97. The van der Waals surface area contributed by atoms with Crippen LogP contribution in [-0.4, -0.2) is 17.0 Å². The van der Waals surface area contributed by atoms with Gasteiger partial charge in [0.1, 0.15) is 5.75 Å². The topological polar surface area (TPSA) is 101 Å². The second kappa shape index (κ2) is 5.21. The van der Waals surface area contributed by atoms with E-state index >= 15 is 0 Å². The predicted molar refractivity (Wildman–Crippen MR) is 68.4 cm³/mol. The van der Waals surface area contributed by atoms with E-state index in [9.17, 15) is 10.1 Å². The van der Waals surface area contributed by atoms with Gasteiger partial charge in [-0.05, 0) is 6.07 Å².